The zero-order valence-corrected chi connectivity index (χ0v) is 24.7. The fourth-order valence-corrected chi connectivity index (χ4v) is 9.76. The number of hydrogen-bond acceptors (Lipinski definition) is 8. The van der Waals surface area contributed by atoms with Gasteiger partial charge in [-0.05, 0) is 81.5 Å². The number of ether oxygens (including phenoxy) is 1. The lowest BCUT2D eigenvalue weighted by Gasteiger charge is -2.50. The number of alkyl halides is 1. The monoisotopic (exact) mass is 571 g/mol. The first-order valence-electron chi connectivity index (χ1n) is 16.1. The van der Waals surface area contributed by atoms with E-state index >= 15 is 0 Å². The molecule has 4 fully saturated rings. The first kappa shape index (κ1) is 26.7. The third-order valence-electron chi connectivity index (χ3n) is 11.8. The Morgan fingerprint density at radius 2 is 1.95 bits per heavy atom. The van der Waals surface area contributed by atoms with Gasteiger partial charge < -0.3 is 15.0 Å². The van der Waals surface area contributed by atoms with E-state index in [1.54, 1.807) is 0 Å². The maximum atomic E-state index is 14.5. The summed E-state index contributed by atoms with van der Waals surface area (Å²) >= 11 is 0. The fraction of sp³-hybridized carbons (Fsp3) is 0.667. The Kier molecular flexibility index (Phi) is 6.38. The van der Waals surface area contributed by atoms with Crippen LogP contribution in [0.2, 0.25) is 0 Å². The number of nitriles is 1. The van der Waals surface area contributed by atoms with Crippen LogP contribution in [-0.2, 0) is 24.9 Å². The van der Waals surface area contributed by atoms with E-state index < -0.39 is 6.17 Å². The number of nitrogens with one attached hydrogen (secondary N) is 1. The Labute approximate surface area is 248 Å². The predicted molar refractivity (Wildman–Crippen MR) is 158 cm³/mol. The molecule has 0 radical (unpaired) electrons. The number of likely N-dealkylation sites (N-methyl/N-ethyl adjacent to an activating group) is 1. The van der Waals surface area contributed by atoms with Crippen LogP contribution in [0.25, 0.3) is 0 Å². The smallest absolute Gasteiger partial charge is 0.318 e. The van der Waals surface area contributed by atoms with Crippen molar-refractivity contribution >= 4 is 5.82 Å². The molecule has 3 saturated heterocycles. The number of nitrogens with zero attached hydrogens (tertiary/aromatic N) is 6. The molecule has 6 aliphatic rings. The van der Waals surface area contributed by atoms with Crippen molar-refractivity contribution in [3.05, 3.63) is 46.6 Å². The Bertz CT molecular complexity index is 1400. The third kappa shape index (κ3) is 4.12. The molecule has 5 heterocycles. The van der Waals surface area contributed by atoms with Crippen LogP contribution in [0.4, 0.5) is 10.2 Å². The normalized spacial score (nSPS) is 35.5. The highest BCUT2D eigenvalue weighted by atomic mass is 19.1. The molecule has 6 atom stereocenters. The van der Waals surface area contributed by atoms with Crippen molar-refractivity contribution in [3.63, 3.8) is 0 Å². The van der Waals surface area contributed by atoms with Crippen molar-refractivity contribution in [1.29, 1.82) is 5.26 Å². The summed E-state index contributed by atoms with van der Waals surface area (Å²) in [5.74, 6) is 1.87. The second-order valence-corrected chi connectivity index (χ2v) is 14.0. The summed E-state index contributed by atoms with van der Waals surface area (Å²) < 4.78 is 21.0. The number of fused-ring (bicyclic) bond motifs is 6. The molecule has 8 nitrogen and oxygen atoms in total. The first-order valence-corrected chi connectivity index (χ1v) is 16.1. The van der Waals surface area contributed by atoms with Crippen LogP contribution in [0.15, 0.2) is 24.3 Å². The van der Waals surface area contributed by atoms with E-state index in [9.17, 15) is 9.65 Å². The second kappa shape index (κ2) is 10.1. The Balaban J connectivity index is 1.16. The van der Waals surface area contributed by atoms with Crippen molar-refractivity contribution in [2.45, 2.75) is 87.6 Å². The summed E-state index contributed by atoms with van der Waals surface area (Å²) in [5, 5.41) is 12.5. The van der Waals surface area contributed by atoms with Crippen molar-refractivity contribution in [2.75, 3.05) is 44.7 Å². The number of aromatic nitrogens is 2. The highest BCUT2D eigenvalue weighted by molar-refractivity contribution is 5.54. The number of anilines is 1. The lowest BCUT2D eigenvalue weighted by molar-refractivity contribution is 0.0713. The molecule has 42 heavy (non-hydrogen) atoms. The molecule has 222 valence electrons. The molecular weight excluding hydrogens is 529 g/mol. The van der Waals surface area contributed by atoms with Crippen molar-refractivity contribution in [2.24, 2.45) is 11.8 Å². The van der Waals surface area contributed by atoms with Crippen LogP contribution < -0.4 is 15.0 Å². The molecular formula is C33H42FN7O. The van der Waals surface area contributed by atoms with Crippen LogP contribution in [0.1, 0.15) is 67.3 Å². The zero-order valence-electron chi connectivity index (χ0n) is 24.7. The first-order chi connectivity index (χ1) is 20.5. The number of hydrogen-bond donors (Lipinski definition) is 1. The summed E-state index contributed by atoms with van der Waals surface area (Å²) in [4.78, 5) is 17.6. The minimum Gasteiger partial charge on any atom is -0.461 e. The largest absolute Gasteiger partial charge is 0.461 e. The lowest BCUT2D eigenvalue weighted by atomic mass is 9.71. The van der Waals surface area contributed by atoms with Crippen molar-refractivity contribution < 1.29 is 9.13 Å². The summed E-state index contributed by atoms with van der Waals surface area (Å²) in [7, 11) is 2.27. The van der Waals surface area contributed by atoms with E-state index in [-0.39, 0.29) is 17.1 Å². The summed E-state index contributed by atoms with van der Waals surface area (Å²) in [5.41, 5.74) is 4.90. The van der Waals surface area contributed by atoms with Crippen LogP contribution in [-0.4, -0.2) is 77.4 Å². The number of aryl methyl sites for hydroxylation is 1. The van der Waals surface area contributed by atoms with Crippen LogP contribution in [0, 0.1) is 23.3 Å². The maximum absolute atomic E-state index is 14.5. The molecule has 9 heteroatoms. The van der Waals surface area contributed by atoms with E-state index in [1.165, 1.54) is 23.1 Å². The molecule has 2 aromatic rings. The lowest BCUT2D eigenvalue weighted by Crippen LogP contribution is -2.52. The van der Waals surface area contributed by atoms with Gasteiger partial charge in [-0.2, -0.15) is 15.2 Å². The van der Waals surface area contributed by atoms with Gasteiger partial charge in [0.05, 0.1) is 16.8 Å². The van der Waals surface area contributed by atoms with Crippen LogP contribution >= 0.6 is 0 Å². The number of piperidine rings is 1. The van der Waals surface area contributed by atoms with Gasteiger partial charge in [-0.3, -0.25) is 9.80 Å². The number of benzene rings is 1. The van der Waals surface area contributed by atoms with E-state index in [2.05, 4.69) is 57.5 Å². The molecule has 2 aliphatic carbocycles. The topological polar surface area (TPSA) is 80.6 Å². The molecule has 1 N–H and O–H groups in total. The van der Waals surface area contributed by atoms with Crippen molar-refractivity contribution in [1.82, 2.24) is 25.1 Å². The summed E-state index contributed by atoms with van der Waals surface area (Å²) in [6, 6.07) is 9.66. The molecule has 4 aliphatic heterocycles. The Morgan fingerprint density at radius 3 is 2.79 bits per heavy atom. The molecule has 0 amide bonds. The molecule has 2 bridgehead atoms. The van der Waals surface area contributed by atoms with Gasteiger partial charge >= 0.3 is 6.01 Å². The van der Waals surface area contributed by atoms with E-state index in [0.717, 1.165) is 82.6 Å². The van der Waals surface area contributed by atoms with Crippen molar-refractivity contribution in [3.8, 4) is 12.2 Å². The number of halogens is 1. The van der Waals surface area contributed by atoms with Gasteiger partial charge in [-0.25, -0.2) is 4.39 Å². The molecule has 0 unspecified atom stereocenters. The number of rotatable bonds is 5. The van der Waals surface area contributed by atoms with Gasteiger partial charge in [-0.1, -0.05) is 24.3 Å². The quantitative estimate of drug-likeness (QED) is 0.427. The van der Waals surface area contributed by atoms with E-state index in [1.807, 2.05) is 0 Å². The van der Waals surface area contributed by atoms with Gasteiger partial charge in [0, 0.05) is 50.6 Å². The zero-order chi connectivity index (χ0) is 28.5. The second-order valence-electron chi connectivity index (χ2n) is 14.0. The Hall–Kier alpha value is -2.96. The standard InChI is InChI=1S/C33H42FN7O/c1-39-19-26-28(15-33(39)12-4-7-22-6-2-3-8-27(22)33)37-31(42-20-32-11-5-13-41(32)18-25(34)14-32)38-30(26)40-16-23-9-10-24(17-40)29(23)36-21-35/h2-3,6,8,23-25,29,36H,4-5,7,9-20H2,1H3/t23-,24+,25-,29-,32+,33+/m1/s1. The van der Waals surface area contributed by atoms with Gasteiger partial charge in [0.2, 0.25) is 0 Å². The maximum Gasteiger partial charge on any atom is 0.318 e. The summed E-state index contributed by atoms with van der Waals surface area (Å²) in [6.45, 7) is 4.48. The highest BCUT2D eigenvalue weighted by Gasteiger charge is 2.50. The molecule has 1 aromatic heterocycles. The molecule has 1 saturated carbocycles. The predicted octanol–water partition coefficient (Wildman–Crippen LogP) is 3.94. The minimum atomic E-state index is -0.783. The minimum absolute atomic E-state index is 0.0820. The molecule has 1 aromatic carbocycles. The average Bonchev–Trinajstić information content (AvgIpc) is 3.58. The van der Waals surface area contributed by atoms with Gasteiger partial charge in [0.1, 0.15) is 18.6 Å². The Morgan fingerprint density at radius 1 is 1.12 bits per heavy atom. The van der Waals surface area contributed by atoms with Crippen LogP contribution in [0.3, 0.4) is 0 Å². The van der Waals surface area contributed by atoms with Gasteiger partial charge in [-0.15, -0.1) is 0 Å². The molecule has 1 spiro atoms. The fourth-order valence-electron chi connectivity index (χ4n) is 9.76. The average molecular weight is 572 g/mol. The summed E-state index contributed by atoms with van der Waals surface area (Å²) in [6.07, 6.45) is 10.6. The van der Waals surface area contributed by atoms with Gasteiger partial charge in [0.25, 0.3) is 0 Å². The SMILES string of the molecule is CN1Cc2c(nc(OC[C@@]34CCCN3C[C@H](F)C4)nc2N2C[C@H]3CC[C@@H](C2)[C@@H]3NC#N)C[C@]12CCCc1ccccc12. The van der Waals surface area contributed by atoms with E-state index in [0.29, 0.717) is 37.4 Å². The van der Waals surface area contributed by atoms with Crippen LogP contribution in [0.5, 0.6) is 6.01 Å². The third-order valence-corrected chi connectivity index (χ3v) is 11.8. The van der Waals surface area contributed by atoms with E-state index in [4.69, 9.17) is 14.7 Å². The highest BCUT2D eigenvalue weighted by Crippen LogP contribution is 2.48. The molecule has 8 rings (SSSR count). The van der Waals surface area contributed by atoms with Gasteiger partial charge in [0.15, 0.2) is 6.19 Å².